The Morgan fingerprint density at radius 1 is 1.03 bits per heavy atom. The molecule has 1 aliphatic rings. The summed E-state index contributed by atoms with van der Waals surface area (Å²) in [7, 11) is -0.693. The van der Waals surface area contributed by atoms with Crippen molar-refractivity contribution in [2.75, 3.05) is 5.73 Å². The van der Waals surface area contributed by atoms with Crippen molar-refractivity contribution < 1.29 is 13.7 Å². The van der Waals surface area contributed by atoms with Crippen molar-refractivity contribution in [1.29, 1.82) is 0 Å². The number of nitrogens with zero attached hydrogens (tertiary/aromatic N) is 4. The number of halogens is 2. The fourth-order valence-corrected chi connectivity index (χ4v) is 4.03. The first-order valence-electron chi connectivity index (χ1n) is 10.8. The van der Waals surface area contributed by atoms with Gasteiger partial charge in [0.05, 0.1) is 22.4 Å². The van der Waals surface area contributed by atoms with Crippen molar-refractivity contribution in [3.63, 3.8) is 0 Å². The Kier molecular flexibility index (Phi) is 5.16. The lowest BCUT2D eigenvalue weighted by molar-refractivity contribution is 0.00578. The summed E-state index contributed by atoms with van der Waals surface area (Å²) in [5.74, 6) is 0.139. The molecule has 0 atom stereocenters. The molecular formula is C23H23BClFN6O2. The Labute approximate surface area is 201 Å². The molecule has 8 nitrogen and oxygen atoms in total. The van der Waals surface area contributed by atoms with Crippen LogP contribution in [-0.2, 0) is 9.31 Å². The van der Waals surface area contributed by atoms with E-state index >= 15 is 0 Å². The Morgan fingerprint density at radius 3 is 2.44 bits per heavy atom. The van der Waals surface area contributed by atoms with Gasteiger partial charge < -0.3 is 15.0 Å². The number of aromatic amines is 1. The number of nitrogens with one attached hydrogen (secondary N) is 1. The molecule has 1 aliphatic heterocycles. The van der Waals surface area contributed by atoms with Crippen molar-refractivity contribution >= 4 is 41.0 Å². The Morgan fingerprint density at radius 2 is 1.74 bits per heavy atom. The van der Waals surface area contributed by atoms with Crippen LogP contribution in [-0.4, -0.2) is 43.5 Å². The van der Waals surface area contributed by atoms with Crippen molar-refractivity contribution in [3.8, 4) is 22.8 Å². The Hall–Kier alpha value is -3.08. The number of pyridine rings is 1. The zero-order chi connectivity index (χ0) is 24.4. The average Bonchev–Trinajstić information content (AvgIpc) is 3.24. The molecule has 4 aromatic rings. The van der Waals surface area contributed by atoms with E-state index in [9.17, 15) is 4.39 Å². The van der Waals surface area contributed by atoms with Gasteiger partial charge in [0, 0.05) is 11.1 Å². The van der Waals surface area contributed by atoms with E-state index in [2.05, 4.69) is 25.1 Å². The number of hydrogen-bond donors (Lipinski definition) is 2. The minimum atomic E-state index is -0.693. The number of anilines is 1. The first-order chi connectivity index (χ1) is 15.9. The number of rotatable bonds is 3. The Balaban J connectivity index is 1.54. The monoisotopic (exact) mass is 480 g/mol. The first kappa shape index (κ1) is 22.7. The molecule has 5 rings (SSSR count). The van der Waals surface area contributed by atoms with Gasteiger partial charge in [0.2, 0.25) is 0 Å². The minimum absolute atomic E-state index is 0.201. The van der Waals surface area contributed by atoms with Gasteiger partial charge in [0.1, 0.15) is 22.2 Å². The van der Waals surface area contributed by atoms with Crippen LogP contribution in [0.3, 0.4) is 0 Å². The molecular weight excluding hydrogens is 458 g/mol. The highest BCUT2D eigenvalue weighted by atomic mass is 35.5. The summed E-state index contributed by atoms with van der Waals surface area (Å²) in [5.41, 5.74) is 9.03. The van der Waals surface area contributed by atoms with Crippen LogP contribution in [0.5, 0.6) is 0 Å². The molecule has 3 N–H and O–H groups in total. The van der Waals surface area contributed by atoms with Crippen LogP contribution in [0.1, 0.15) is 33.3 Å². The van der Waals surface area contributed by atoms with Crippen molar-refractivity contribution in [1.82, 2.24) is 25.1 Å². The van der Waals surface area contributed by atoms with Crippen LogP contribution in [0.25, 0.3) is 33.8 Å². The van der Waals surface area contributed by atoms with E-state index in [1.807, 2.05) is 40.7 Å². The van der Waals surface area contributed by atoms with E-state index in [1.54, 1.807) is 12.1 Å². The summed E-state index contributed by atoms with van der Waals surface area (Å²) in [6.07, 6.45) is 0. The number of nitrogens with two attached hydrogens (primary N) is 1. The predicted octanol–water partition coefficient (Wildman–Crippen LogP) is 4.06. The smallest absolute Gasteiger partial charge is 0.399 e. The van der Waals surface area contributed by atoms with E-state index in [1.165, 1.54) is 12.1 Å². The number of nitrogen functional groups attached to an aromatic ring is 1. The second-order valence-electron chi connectivity index (χ2n) is 9.37. The predicted molar refractivity (Wildman–Crippen MR) is 130 cm³/mol. The maximum absolute atomic E-state index is 14.7. The highest BCUT2D eigenvalue weighted by molar-refractivity contribution is 6.62. The average molecular weight is 481 g/mol. The maximum atomic E-state index is 14.7. The molecule has 0 saturated carbocycles. The zero-order valence-electron chi connectivity index (χ0n) is 19.4. The van der Waals surface area contributed by atoms with Gasteiger partial charge in [0.15, 0.2) is 11.6 Å². The van der Waals surface area contributed by atoms with E-state index in [0.717, 1.165) is 5.56 Å². The third-order valence-electron chi connectivity index (χ3n) is 6.49. The van der Waals surface area contributed by atoms with Gasteiger partial charge in [-0.1, -0.05) is 17.7 Å². The third-order valence-corrected chi connectivity index (χ3v) is 6.70. The normalized spacial score (nSPS) is 17.0. The number of fused-ring (bicyclic) bond motifs is 1. The molecule has 11 heteroatoms. The van der Waals surface area contributed by atoms with Crippen LogP contribution in [0.15, 0.2) is 30.3 Å². The lowest BCUT2D eigenvalue weighted by atomic mass is 9.78. The zero-order valence-corrected chi connectivity index (χ0v) is 20.2. The fourth-order valence-electron chi connectivity index (χ4n) is 3.89. The van der Waals surface area contributed by atoms with Crippen molar-refractivity contribution in [3.05, 3.63) is 46.9 Å². The molecule has 0 unspecified atom stereocenters. The lowest BCUT2D eigenvalue weighted by Gasteiger charge is -2.32. The maximum Gasteiger partial charge on any atom is 0.494 e. The van der Waals surface area contributed by atoms with Crippen LogP contribution < -0.4 is 11.2 Å². The summed E-state index contributed by atoms with van der Waals surface area (Å²) < 4.78 is 26.9. The fraction of sp³-hybridized carbons (Fsp3) is 0.304. The third kappa shape index (κ3) is 3.71. The van der Waals surface area contributed by atoms with Gasteiger partial charge >= 0.3 is 7.12 Å². The topological polar surface area (TPSA) is 112 Å². The molecule has 0 radical (unpaired) electrons. The highest BCUT2D eigenvalue weighted by Crippen LogP contribution is 2.37. The minimum Gasteiger partial charge on any atom is -0.399 e. The molecule has 0 aliphatic carbocycles. The van der Waals surface area contributed by atoms with Gasteiger partial charge in [-0.05, 0) is 64.3 Å². The molecule has 1 aromatic carbocycles. The molecule has 1 saturated heterocycles. The second kappa shape index (κ2) is 7.73. The van der Waals surface area contributed by atoms with E-state index in [4.69, 9.17) is 26.6 Å². The van der Waals surface area contributed by atoms with Gasteiger partial charge in [-0.2, -0.15) is 5.10 Å². The summed E-state index contributed by atoms with van der Waals surface area (Å²) in [6, 6.07) is 8.01. The van der Waals surface area contributed by atoms with Crippen LogP contribution in [0.4, 0.5) is 10.2 Å². The van der Waals surface area contributed by atoms with Gasteiger partial charge in [-0.15, -0.1) is 0 Å². The summed E-state index contributed by atoms with van der Waals surface area (Å²) in [4.78, 5) is 13.1. The van der Waals surface area contributed by atoms with Crippen LogP contribution in [0, 0.1) is 12.7 Å². The molecule has 34 heavy (non-hydrogen) atoms. The number of benzene rings is 1. The summed E-state index contributed by atoms with van der Waals surface area (Å²) >= 11 is 5.96. The number of hydrogen-bond acceptors (Lipinski definition) is 7. The molecule has 0 spiro atoms. The van der Waals surface area contributed by atoms with Gasteiger partial charge in [-0.25, -0.2) is 19.3 Å². The van der Waals surface area contributed by atoms with E-state index in [-0.39, 0.29) is 5.82 Å². The summed E-state index contributed by atoms with van der Waals surface area (Å²) in [6.45, 7) is 9.68. The van der Waals surface area contributed by atoms with Crippen molar-refractivity contribution in [2.24, 2.45) is 0 Å². The molecule has 1 fully saturated rings. The van der Waals surface area contributed by atoms with E-state index in [0.29, 0.717) is 44.4 Å². The van der Waals surface area contributed by atoms with Gasteiger partial charge in [-0.3, -0.25) is 5.10 Å². The molecule has 4 heterocycles. The standard InChI is InChI=1S/C23H23BClFN6O2/c1-11-17(12-8-13(10-14(26)9-12)24-33-22(2,3)23(4,5)34-24)31-32-18(11)21-28-15-6-7-16(25)29-19(15)20(27)30-21/h6-10H,1-5H3,(H,31,32)(H2,27,28,30). The van der Waals surface area contributed by atoms with Crippen LogP contribution >= 0.6 is 11.6 Å². The van der Waals surface area contributed by atoms with E-state index < -0.39 is 24.1 Å². The Bertz CT molecular complexity index is 1420. The molecule has 0 bridgehead atoms. The second-order valence-corrected chi connectivity index (χ2v) is 9.76. The highest BCUT2D eigenvalue weighted by Gasteiger charge is 2.51. The molecule has 174 valence electrons. The van der Waals surface area contributed by atoms with Crippen LogP contribution in [0.2, 0.25) is 5.15 Å². The summed E-state index contributed by atoms with van der Waals surface area (Å²) in [5, 5.41) is 7.69. The number of aromatic nitrogens is 5. The van der Waals surface area contributed by atoms with Crippen molar-refractivity contribution in [2.45, 2.75) is 45.8 Å². The SMILES string of the molecule is Cc1c(-c2cc(F)cc(B3OC(C)(C)C(C)(C)O3)c2)n[nH]c1-c1nc(N)c2nc(Cl)ccc2n1. The molecule has 0 amide bonds. The first-order valence-corrected chi connectivity index (χ1v) is 11.1. The largest absolute Gasteiger partial charge is 0.494 e. The quantitative estimate of drug-likeness (QED) is 0.336. The number of H-pyrrole nitrogens is 1. The van der Waals surface area contributed by atoms with Gasteiger partial charge in [0.25, 0.3) is 0 Å². The lowest BCUT2D eigenvalue weighted by Crippen LogP contribution is -2.41. The molecule has 3 aromatic heterocycles.